The first kappa shape index (κ1) is 37.2. The zero-order valence-corrected chi connectivity index (χ0v) is 27.8. The van der Waals surface area contributed by atoms with Crippen molar-refractivity contribution in [2.75, 3.05) is 20.3 Å². The number of ether oxygens (including phenoxy) is 4. The maximum atomic E-state index is 12.1. The first-order chi connectivity index (χ1) is 22.2. The molecule has 2 saturated heterocycles. The van der Waals surface area contributed by atoms with Crippen LogP contribution in [0.1, 0.15) is 78.1 Å². The van der Waals surface area contributed by atoms with Crippen LogP contribution < -0.4 is 0 Å². The Kier molecular flexibility index (Phi) is 11.0. The van der Waals surface area contributed by atoms with Gasteiger partial charge >= 0.3 is 0 Å². The minimum Gasteiger partial charge on any atom is -0.396 e. The Morgan fingerprint density at radius 3 is 2.06 bits per heavy atom. The highest BCUT2D eigenvalue weighted by Crippen LogP contribution is 2.73. The molecular formula is C34H56O13. The van der Waals surface area contributed by atoms with Crippen LogP contribution in [0.5, 0.6) is 0 Å². The van der Waals surface area contributed by atoms with Gasteiger partial charge < -0.3 is 64.6 Å². The zero-order valence-electron chi connectivity index (χ0n) is 27.8. The van der Waals surface area contributed by atoms with Gasteiger partial charge in [-0.1, -0.05) is 26.8 Å². The van der Waals surface area contributed by atoms with Crippen molar-refractivity contribution in [2.45, 2.75) is 145 Å². The molecule has 0 aromatic rings. The fourth-order valence-corrected chi connectivity index (χ4v) is 10.6. The van der Waals surface area contributed by atoms with Crippen LogP contribution in [0.2, 0.25) is 0 Å². The van der Waals surface area contributed by atoms with Crippen LogP contribution in [0, 0.1) is 28.1 Å². The Balaban J connectivity index is 0.000000261. The highest BCUT2D eigenvalue weighted by molar-refractivity contribution is 5.60. The number of aliphatic hydroxyl groups excluding tert-OH is 8. The average Bonchev–Trinajstić information content (AvgIpc) is 3.25. The second kappa shape index (κ2) is 13.9. The van der Waals surface area contributed by atoms with E-state index < -0.39 is 73.6 Å². The molecule has 13 nitrogen and oxygen atoms in total. The van der Waals surface area contributed by atoms with Gasteiger partial charge in [0.25, 0.3) is 0 Å². The van der Waals surface area contributed by atoms with Gasteiger partial charge in [0.15, 0.2) is 12.6 Å². The minimum atomic E-state index is -1.45. The number of aldehydes is 1. The molecule has 270 valence electrons. The molecule has 6 aliphatic rings. The summed E-state index contributed by atoms with van der Waals surface area (Å²) in [6.07, 6.45) is -1.75. The van der Waals surface area contributed by atoms with E-state index in [0.717, 1.165) is 63.4 Å². The maximum absolute atomic E-state index is 12.1. The number of rotatable bonds is 7. The molecule has 2 aliphatic heterocycles. The normalized spacial score (nSPS) is 52.5. The Morgan fingerprint density at radius 2 is 1.45 bits per heavy atom. The SMILES string of the molecule is C=C1C[C@@]23CC[C@H]4[C@@](C)(CCC[C@@]4(C)C=O)[C@@H]2CC[C@]1(O[C@@H]1O[C@H](CO)[C@@H](O)[C@H](O)[C@H]1O)C3.CO[C@@H]1O[C@H](CCO)[C@@H](O)[C@H](O)[C@H]1O. The number of carbonyl (C=O) groups excluding carboxylic acids is 1. The van der Waals surface area contributed by atoms with E-state index in [2.05, 4.69) is 20.4 Å². The summed E-state index contributed by atoms with van der Waals surface area (Å²) in [7, 11) is 1.33. The average molecular weight is 673 g/mol. The van der Waals surface area contributed by atoms with Crippen LogP contribution in [0.3, 0.4) is 0 Å². The lowest BCUT2D eigenvalue weighted by Gasteiger charge is -2.64. The molecule has 47 heavy (non-hydrogen) atoms. The van der Waals surface area contributed by atoms with Crippen molar-refractivity contribution >= 4 is 6.29 Å². The Labute approximate surface area is 276 Å². The van der Waals surface area contributed by atoms with Crippen molar-refractivity contribution in [1.82, 2.24) is 0 Å². The number of methoxy groups -OCH3 is 1. The lowest BCUT2D eigenvalue weighted by atomic mass is 9.41. The van der Waals surface area contributed by atoms with Crippen LogP contribution in [0.15, 0.2) is 12.2 Å². The maximum Gasteiger partial charge on any atom is 0.187 e. The number of fused-ring (bicyclic) bond motifs is 3. The van der Waals surface area contributed by atoms with Gasteiger partial charge in [0.1, 0.15) is 49.0 Å². The van der Waals surface area contributed by atoms with Crippen molar-refractivity contribution in [1.29, 1.82) is 0 Å². The summed E-state index contributed by atoms with van der Waals surface area (Å²) in [5.74, 6) is 0.897. The Bertz CT molecular complexity index is 1120. The second-order valence-corrected chi connectivity index (χ2v) is 15.6. The van der Waals surface area contributed by atoms with Gasteiger partial charge in [0.05, 0.1) is 18.3 Å². The van der Waals surface area contributed by atoms with E-state index in [1.807, 2.05) is 0 Å². The van der Waals surface area contributed by atoms with Crippen LogP contribution in [-0.4, -0.2) is 134 Å². The molecule has 0 amide bonds. The molecule has 2 bridgehead atoms. The Hall–Kier alpha value is -1.07. The predicted octanol–water partition coefficient (Wildman–Crippen LogP) is -0.0837. The lowest BCUT2D eigenvalue weighted by Crippen LogP contribution is -2.62. The second-order valence-electron chi connectivity index (χ2n) is 15.6. The van der Waals surface area contributed by atoms with Crippen molar-refractivity contribution in [2.24, 2.45) is 28.1 Å². The first-order valence-electron chi connectivity index (χ1n) is 17.1. The van der Waals surface area contributed by atoms with Crippen LogP contribution in [0.25, 0.3) is 0 Å². The fraction of sp³-hybridized carbons (Fsp3) is 0.912. The lowest BCUT2D eigenvalue weighted by molar-refractivity contribution is -0.327. The van der Waals surface area contributed by atoms with Crippen LogP contribution in [0.4, 0.5) is 0 Å². The smallest absolute Gasteiger partial charge is 0.187 e. The topological polar surface area (TPSA) is 216 Å². The molecule has 0 aromatic carbocycles. The highest BCUT2D eigenvalue weighted by Gasteiger charge is 2.68. The summed E-state index contributed by atoms with van der Waals surface area (Å²) in [6, 6.07) is 0. The van der Waals surface area contributed by atoms with E-state index in [4.69, 9.17) is 24.1 Å². The molecule has 6 rings (SSSR count). The van der Waals surface area contributed by atoms with Gasteiger partial charge in [0.2, 0.25) is 0 Å². The third-order valence-electron chi connectivity index (χ3n) is 12.9. The van der Waals surface area contributed by atoms with Gasteiger partial charge in [-0.25, -0.2) is 0 Å². The molecule has 4 saturated carbocycles. The molecule has 4 aliphatic carbocycles. The van der Waals surface area contributed by atoms with E-state index in [9.17, 15) is 40.5 Å². The molecule has 16 atom stereocenters. The molecule has 1 spiro atoms. The van der Waals surface area contributed by atoms with Crippen LogP contribution in [-0.2, 0) is 23.7 Å². The molecule has 13 heteroatoms. The first-order valence-corrected chi connectivity index (χ1v) is 17.1. The fourth-order valence-electron chi connectivity index (χ4n) is 10.6. The predicted molar refractivity (Wildman–Crippen MR) is 165 cm³/mol. The molecule has 2 heterocycles. The summed E-state index contributed by atoms with van der Waals surface area (Å²) in [4.78, 5) is 12.1. The van der Waals surface area contributed by atoms with Gasteiger partial charge in [-0.3, -0.25) is 0 Å². The number of hydrogen-bond donors (Lipinski definition) is 8. The van der Waals surface area contributed by atoms with Gasteiger partial charge in [-0.2, -0.15) is 0 Å². The van der Waals surface area contributed by atoms with Gasteiger partial charge in [-0.15, -0.1) is 0 Å². The van der Waals surface area contributed by atoms with Crippen molar-refractivity contribution in [3.63, 3.8) is 0 Å². The highest BCUT2D eigenvalue weighted by atomic mass is 16.7. The third-order valence-corrected chi connectivity index (χ3v) is 12.9. The largest absolute Gasteiger partial charge is 0.396 e. The monoisotopic (exact) mass is 672 g/mol. The molecule has 0 aromatic heterocycles. The molecule has 0 radical (unpaired) electrons. The minimum absolute atomic E-state index is 0.0653. The van der Waals surface area contributed by atoms with Crippen molar-refractivity contribution < 1.29 is 64.6 Å². The summed E-state index contributed by atoms with van der Waals surface area (Å²) in [5.41, 5.74) is 0.307. The third kappa shape index (κ3) is 6.27. The number of carbonyl (C=O) groups is 1. The summed E-state index contributed by atoms with van der Waals surface area (Å²) >= 11 is 0. The summed E-state index contributed by atoms with van der Waals surface area (Å²) < 4.78 is 22.0. The standard InChI is InChI=1S/C26H40O7.C8H16O6/c1-15-11-25-9-5-17-23(2,14-28)7-4-8-24(17,3)18(25)6-10-26(15,13-25)33-22-21(31)20(30)19(29)16(12-27)32-22;1-13-8-7(12)6(11)5(10)4(14-8)2-3-9/h14,16-22,27,29-31H,1,4-13H2,2-3H3;4-12H,2-3H2,1H3/t16-,17-,18+,19-,20+,21-,22+,23+,24-,25-,26+;4-,5-,6+,7-,8-/m11/s1. The molecule has 8 N–H and O–H groups in total. The van der Waals surface area contributed by atoms with Gasteiger partial charge in [0, 0.05) is 19.1 Å². The quantitative estimate of drug-likeness (QED) is 0.101. The van der Waals surface area contributed by atoms with Crippen molar-refractivity contribution in [3.05, 3.63) is 12.2 Å². The molecule has 6 fully saturated rings. The van der Waals surface area contributed by atoms with E-state index in [1.54, 1.807) is 0 Å². The van der Waals surface area contributed by atoms with Crippen LogP contribution >= 0.6 is 0 Å². The zero-order chi connectivity index (χ0) is 34.5. The van der Waals surface area contributed by atoms with E-state index in [0.29, 0.717) is 11.8 Å². The summed E-state index contributed by atoms with van der Waals surface area (Å²) in [6.45, 7) is 8.34. The van der Waals surface area contributed by atoms with E-state index in [-0.39, 0.29) is 29.3 Å². The number of hydrogen-bond acceptors (Lipinski definition) is 13. The van der Waals surface area contributed by atoms with E-state index in [1.165, 1.54) is 13.4 Å². The van der Waals surface area contributed by atoms with Crippen molar-refractivity contribution in [3.8, 4) is 0 Å². The number of aliphatic hydroxyl groups is 8. The summed E-state index contributed by atoms with van der Waals surface area (Å²) in [5, 5.41) is 77.4. The van der Waals surface area contributed by atoms with E-state index >= 15 is 0 Å². The Morgan fingerprint density at radius 1 is 0.830 bits per heavy atom. The van der Waals surface area contributed by atoms with Gasteiger partial charge in [-0.05, 0) is 86.0 Å². The molecular weight excluding hydrogens is 616 g/mol. The molecule has 0 unspecified atom stereocenters.